The van der Waals surface area contributed by atoms with E-state index in [0.717, 1.165) is 6.08 Å². The maximum atomic E-state index is 10.2. The number of carbonyl (C=O) groups excluding carboxylic acids is 1. The van der Waals surface area contributed by atoms with E-state index >= 15 is 0 Å². The Labute approximate surface area is 86.9 Å². The van der Waals surface area contributed by atoms with Gasteiger partial charge in [-0.25, -0.2) is 8.42 Å². The van der Waals surface area contributed by atoms with Crippen LogP contribution in [0.4, 0.5) is 0 Å². The van der Waals surface area contributed by atoms with Crippen LogP contribution in [0.5, 0.6) is 0 Å². The first kappa shape index (κ1) is 13.7. The molecule has 0 radical (unpaired) electrons. The third-order valence-electron chi connectivity index (χ3n) is 0.609. The van der Waals surface area contributed by atoms with Crippen LogP contribution in [0.1, 0.15) is 0 Å². The second-order valence-corrected chi connectivity index (χ2v) is 2.85. The van der Waals surface area contributed by atoms with E-state index in [1.165, 1.54) is 0 Å². The van der Waals surface area contributed by atoms with Gasteiger partial charge in [0.2, 0.25) is 5.91 Å². The molecule has 0 saturated heterocycles. The standard InChI is InChI=1S/C4H7NO4S.Na/c1-2-4(6)5-3-10(7,8)9;/h2H,1,3H2,(H,5,6)(H,7,8,9);/q;+1/p-1. The first-order chi connectivity index (χ1) is 4.45. The molecule has 0 aromatic heterocycles. The van der Waals surface area contributed by atoms with Gasteiger partial charge in [0, 0.05) is 0 Å². The number of rotatable bonds is 3. The molecule has 0 fully saturated rings. The second kappa shape index (κ2) is 5.73. The summed E-state index contributed by atoms with van der Waals surface area (Å²) in [6, 6.07) is 0. The minimum absolute atomic E-state index is 0. The van der Waals surface area contributed by atoms with Crippen molar-refractivity contribution in [1.82, 2.24) is 5.32 Å². The smallest absolute Gasteiger partial charge is 0.747 e. The maximum absolute atomic E-state index is 10.2. The average Bonchev–Trinajstić information content (AvgIpc) is 1.81. The Morgan fingerprint density at radius 3 is 2.36 bits per heavy atom. The van der Waals surface area contributed by atoms with Crippen molar-refractivity contribution in [2.75, 3.05) is 5.88 Å². The van der Waals surface area contributed by atoms with E-state index in [4.69, 9.17) is 0 Å². The van der Waals surface area contributed by atoms with Crippen LogP contribution in [0.25, 0.3) is 0 Å². The summed E-state index contributed by atoms with van der Waals surface area (Å²) >= 11 is 0. The van der Waals surface area contributed by atoms with Crippen LogP contribution in [0, 0.1) is 0 Å². The Bertz CT molecular complexity index is 234. The molecule has 5 nitrogen and oxygen atoms in total. The van der Waals surface area contributed by atoms with Gasteiger partial charge in [-0.1, -0.05) is 6.58 Å². The molecule has 0 aromatic carbocycles. The first-order valence-electron chi connectivity index (χ1n) is 2.29. The molecular weight excluding hydrogens is 181 g/mol. The van der Waals surface area contributed by atoms with E-state index in [2.05, 4.69) is 6.58 Å². The monoisotopic (exact) mass is 187 g/mol. The maximum Gasteiger partial charge on any atom is 1.00 e. The largest absolute Gasteiger partial charge is 1.00 e. The van der Waals surface area contributed by atoms with E-state index in [-0.39, 0.29) is 29.6 Å². The van der Waals surface area contributed by atoms with Crippen molar-refractivity contribution in [2.24, 2.45) is 0 Å². The molecule has 0 spiro atoms. The summed E-state index contributed by atoms with van der Waals surface area (Å²) in [6.07, 6.45) is 0.880. The van der Waals surface area contributed by atoms with E-state index in [1.54, 1.807) is 0 Å². The van der Waals surface area contributed by atoms with Gasteiger partial charge in [0.05, 0.1) is 0 Å². The Morgan fingerprint density at radius 1 is 1.64 bits per heavy atom. The summed E-state index contributed by atoms with van der Waals surface area (Å²) in [6.45, 7) is 3.05. The van der Waals surface area contributed by atoms with E-state index in [9.17, 15) is 17.8 Å². The van der Waals surface area contributed by atoms with Gasteiger partial charge in [-0.3, -0.25) is 4.79 Å². The summed E-state index contributed by atoms with van der Waals surface area (Å²) in [5.74, 6) is -1.57. The van der Waals surface area contributed by atoms with Gasteiger partial charge >= 0.3 is 29.6 Å². The van der Waals surface area contributed by atoms with Crippen molar-refractivity contribution >= 4 is 16.0 Å². The van der Waals surface area contributed by atoms with Crippen molar-refractivity contribution in [1.29, 1.82) is 0 Å². The fourth-order valence-electron chi connectivity index (χ4n) is 0.232. The molecule has 58 valence electrons. The fraction of sp³-hybridized carbons (Fsp3) is 0.250. The van der Waals surface area contributed by atoms with Gasteiger partial charge in [0.25, 0.3) is 0 Å². The van der Waals surface area contributed by atoms with Crippen LogP contribution >= 0.6 is 0 Å². The van der Waals surface area contributed by atoms with Gasteiger partial charge in [-0.2, -0.15) is 0 Å². The summed E-state index contributed by atoms with van der Waals surface area (Å²) in [5.41, 5.74) is 0. The van der Waals surface area contributed by atoms with Crippen molar-refractivity contribution in [2.45, 2.75) is 0 Å². The zero-order chi connectivity index (χ0) is 8.20. The van der Waals surface area contributed by atoms with Crippen molar-refractivity contribution in [3.05, 3.63) is 12.7 Å². The zero-order valence-electron chi connectivity index (χ0n) is 6.03. The average molecular weight is 187 g/mol. The van der Waals surface area contributed by atoms with E-state index < -0.39 is 21.9 Å². The predicted octanol–water partition coefficient (Wildman–Crippen LogP) is -4.20. The normalized spacial score (nSPS) is 9.55. The van der Waals surface area contributed by atoms with Crippen LogP contribution in [-0.2, 0) is 14.9 Å². The van der Waals surface area contributed by atoms with Crippen LogP contribution < -0.4 is 34.9 Å². The Balaban J connectivity index is 0. The summed E-state index contributed by atoms with van der Waals surface area (Å²) in [7, 11) is -4.36. The number of nitrogens with one attached hydrogen (secondary N) is 1. The molecule has 1 amide bonds. The third kappa shape index (κ3) is 10.1. The summed E-state index contributed by atoms with van der Waals surface area (Å²) < 4.78 is 29.5. The Morgan fingerprint density at radius 2 is 2.09 bits per heavy atom. The number of hydrogen-bond donors (Lipinski definition) is 1. The van der Waals surface area contributed by atoms with Crippen molar-refractivity contribution < 1.29 is 47.3 Å². The molecule has 0 saturated carbocycles. The fourth-order valence-corrected chi connectivity index (χ4v) is 0.551. The molecule has 0 bridgehead atoms. The van der Waals surface area contributed by atoms with E-state index in [0.29, 0.717) is 0 Å². The topological polar surface area (TPSA) is 86.3 Å². The second-order valence-electron chi connectivity index (χ2n) is 1.45. The summed E-state index contributed by atoms with van der Waals surface area (Å²) in [4.78, 5) is 10.2. The molecule has 1 N–H and O–H groups in total. The molecular formula is C4H6NNaO4S. The van der Waals surface area contributed by atoms with Crippen molar-refractivity contribution in [3.8, 4) is 0 Å². The predicted molar refractivity (Wildman–Crippen MR) is 32.9 cm³/mol. The van der Waals surface area contributed by atoms with Gasteiger partial charge in [0.1, 0.15) is 16.0 Å². The molecule has 7 heteroatoms. The van der Waals surface area contributed by atoms with Crippen LogP contribution in [0.2, 0.25) is 0 Å². The molecule has 11 heavy (non-hydrogen) atoms. The van der Waals surface area contributed by atoms with E-state index in [1.807, 2.05) is 5.32 Å². The Hall–Kier alpha value is 0.120. The van der Waals surface area contributed by atoms with Gasteiger partial charge in [0.15, 0.2) is 0 Å². The third-order valence-corrected chi connectivity index (χ3v) is 1.11. The summed E-state index contributed by atoms with van der Waals surface area (Å²) in [5, 5.41) is 1.81. The van der Waals surface area contributed by atoms with Crippen molar-refractivity contribution in [3.63, 3.8) is 0 Å². The molecule has 0 unspecified atom stereocenters. The molecule has 0 aromatic rings. The molecule has 0 rings (SSSR count). The molecule has 0 heterocycles. The minimum Gasteiger partial charge on any atom is -0.747 e. The van der Waals surface area contributed by atoms with Crippen LogP contribution in [-0.4, -0.2) is 24.8 Å². The zero-order valence-corrected chi connectivity index (χ0v) is 8.85. The minimum atomic E-state index is -4.36. The van der Waals surface area contributed by atoms with Gasteiger partial charge in [-0.05, 0) is 6.08 Å². The molecule has 0 atom stereocenters. The number of carbonyl (C=O) groups is 1. The van der Waals surface area contributed by atoms with Crippen LogP contribution in [0.3, 0.4) is 0 Å². The SMILES string of the molecule is C=CC(=O)NCS(=O)(=O)[O-].[Na+]. The number of hydrogen-bond acceptors (Lipinski definition) is 4. The molecule has 0 aliphatic heterocycles. The van der Waals surface area contributed by atoms with Gasteiger partial charge < -0.3 is 9.87 Å². The quantitative estimate of drug-likeness (QED) is 0.276. The Kier molecular flexibility index (Phi) is 7.13. The first-order valence-corrected chi connectivity index (χ1v) is 3.87. The molecule has 0 aliphatic rings. The number of amides is 1. The van der Waals surface area contributed by atoms with Crippen LogP contribution in [0.15, 0.2) is 12.7 Å². The molecule has 0 aliphatic carbocycles. The van der Waals surface area contributed by atoms with Gasteiger partial charge in [-0.15, -0.1) is 0 Å².